The van der Waals surface area contributed by atoms with Crippen LogP contribution in [0.2, 0.25) is 5.02 Å². The number of benzene rings is 1. The van der Waals surface area contributed by atoms with Crippen LogP contribution in [0.5, 0.6) is 0 Å². The van der Waals surface area contributed by atoms with Crippen LogP contribution in [-0.2, 0) is 4.79 Å². The fourth-order valence-corrected chi connectivity index (χ4v) is 2.63. The zero-order valence-electron chi connectivity index (χ0n) is 10.7. The van der Waals surface area contributed by atoms with Gasteiger partial charge in [0.2, 0.25) is 11.9 Å². The SMILES string of the molecule is CC1=C(C(N)=O)[C@H](c2ccccc2Cl)n2ncnc2N1. The molecule has 20 heavy (non-hydrogen) atoms. The zero-order chi connectivity index (χ0) is 14.3. The topological polar surface area (TPSA) is 85.8 Å². The second-order valence-corrected chi connectivity index (χ2v) is 4.89. The quantitative estimate of drug-likeness (QED) is 0.881. The van der Waals surface area contributed by atoms with Crippen LogP contribution in [0.3, 0.4) is 0 Å². The van der Waals surface area contributed by atoms with Crippen LogP contribution in [0.1, 0.15) is 18.5 Å². The number of fused-ring (bicyclic) bond motifs is 1. The van der Waals surface area contributed by atoms with E-state index in [1.807, 2.05) is 18.2 Å². The monoisotopic (exact) mass is 289 g/mol. The Bertz CT molecular complexity index is 721. The van der Waals surface area contributed by atoms with E-state index in [0.29, 0.717) is 22.2 Å². The summed E-state index contributed by atoms with van der Waals surface area (Å²) in [4.78, 5) is 15.9. The van der Waals surface area contributed by atoms with Gasteiger partial charge >= 0.3 is 0 Å². The lowest BCUT2D eigenvalue weighted by molar-refractivity contribution is -0.115. The maximum absolute atomic E-state index is 11.8. The number of hydrogen-bond acceptors (Lipinski definition) is 4. The first-order chi connectivity index (χ1) is 9.59. The molecule has 0 radical (unpaired) electrons. The molecule has 1 aromatic heterocycles. The van der Waals surface area contributed by atoms with E-state index < -0.39 is 11.9 Å². The number of allylic oxidation sites excluding steroid dienone is 1. The molecule has 0 spiro atoms. The average molecular weight is 290 g/mol. The number of anilines is 1. The normalized spacial score (nSPS) is 17.6. The van der Waals surface area contributed by atoms with Gasteiger partial charge in [0.1, 0.15) is 12.4 Å². The molecule has 0 saturated carbocycles. The minimum atomic E-state index is -0.513. The molecular formula is C13H12ClN5O. The third-order valence-corrected chi connectivity index (χ3v) is 3.60. The molecule has 0 fully saturated rings. The molecule has 0 saturated heterocycles. The van der Waals surface area contributed by atoms with Crippen LogP contribution < -0.4 is 11.1 Å². The first kappa shape index (κ1) is 12.7. The van der Waals surface area contributed by atoms with Gasteiger partial charge in [0, 0.05) is 16.3 Å². The maximum atomic E-state index is 11.8. The molecule has 0 bridgehead atoms. The van der Waals surface area contributed by atoms with Gasteiger partial charge in [-0.1, -0.05) is 29.8 Å². The van der Waals surface area contributed by atoms with Crippen molar-refractivity contribution in [3.63, 3.8) is 0 Å². The summed E-state index contributed by atoms with van der Waals surface area (Å²) in [5.41, 5.74) is 7.36. The number of nitrogens with zero attached hydrogens (tertiary/aromatic N) is 3. The fraction of sp³-hybridized carbons (Fsp3) is 0.154. The van der Waals surface area contributed by atoms with E-state index in [9.17, 15) is 4.79 Å². The van der Waals surface area contributed by atoms with E-state index in [1.165, 1.54) is 6.33 Å². The summed E-state index contributed by atoms with van der Waals surface area (Å²) in [6, 6.07) is 6.83. The van der Waals surface area contributed by atoms with Crippen LogP contribution in [0.4, 0.5) is 5.95 Å². The van der Waals surface area contributed by atoms with Gasteiger partial charge in [-0.2, -0.15) is 10.1 Å². The van der Waals surface area contributed by atoms with Gasteiger partial charge in [0.25, 0.3) is 0 Å². The predicted molar refractivity (Wildman–Crippen MR) is 75.1 cm³/mol. The van der Waals surface area contributed by atoms with E-state index in [0.717, 1.165) is 5.56 Å². The van der Waals surface area contributed by atoms with Gasteiger partial charge in [-0.3, -0.25) is 4.79 Å². The van der Waals surface area contributed by atoms with E-state index in [1.54, 1.807) is 17.7 Å². The number of primary amides is 1. The molecule has 0 aliphatic carbocycles. The number of carbonyl (C=O) groups is 1. The molecule has 3 N–H and O–H groups in total. The van der Waals surface area contributed by atoms with Crippen molar-refractivity contribution in [2.75, 3.05) is 5.32 Å². The number of aromatic nitrogens is 3. The minimum absolute atomic E-state index is 0.427. The smallest absolute Gasteiger partial charge is 0.248 e. The van der Waals surface area contributed by atoms with Crippen molar-refractivity contribution in [3.05, 3.63) is 52.4 Å². The lowest BCUT2D eigenvalue weighted by atomic mass is 9.95. The molecule has 2 aromatic rings. The molecule has 1 aliphatic rings. The molecule has 1 aliphatic heterocycles. The third kappa shape index (κ3) is 1.85. The van der Waals surface area contributed by atoms with Gasteiger partial charge in [0.15, 0.2) is 0 Å². The van der Waals surface area contributed by atoms with Gasteiger partial charge in [-0.05, 0) is 13.0 Å². The highest BCUT2D eigenvalue weighted by atomic mass is 35.5. The van der Waals surface area contributed by atoms with Crippen molar-refractivity contribution in [2.45, 2.75) is 13.0 Å². The molecular weight excluding hydrogens is 278 g/mol. The predicted octanol–water partition coefficient (Wildman–Crippen LogP) is 1.71. The largest absolute Gasteiger partial charge is 0.366 e. The molecule has 2 heterocycles. The van der Waals surface area contributed by atoms with Gasteiger partial charge in [-0.15, -0.1) is 0 Å². The number of nitrogens with two attached hydrogens (primary N) is 1. The standard InChI is InChI=1S/C13H12ClN5O/c1-7-10(12(15)20)11(8-4-2-3-5-9(8)14)19-13(18-7)16-6-17-19/h2-6,11H,1H3,(H2,15,20)(H,16,17,18)/t11-/m0/s1. The van der Waals surface area contributed by atoms with Crippen molar-refractivity contribution in [1.82, 2.24) is 14.8 Å². The number of amides is 1. The fourth-order valence-electron chi connectivity index (χ4n) is 2.39. The number of nitrogens with one attached hydrogen (secondary N) is 1. The highest BCUT2D eigenvalue weighted by Gasteiger charge is 2.33. The summed E-state index contributed by atoms with van der Waals surface area (Å²) >= 11 is 6.25. The Kier molecular flexibility index (Phi) is 2.94. The minimum Gasteiger partial charge on any atom is -0.366 e. The van der Waals surface area contributed by atoms with Crippen LogP contribution >= 0.6 is 11.6 Å². The van der Waals surface area contributed by atoms with Gasteiger partial charge < -0.3 is 11.1 Å². The molecule has 1 aromatic carbocycles. The van der Waals surface area contributed by atoms with E-state index in [4.69, 9.17) is 17.3 Å². The van der Waals surface area contributed by atoms with E-state index >= 15 is 0 Å². The Labute approximate surface area is 120 Å². The lowest BCUT2D eigenvalue weighted by Crippen LogP contribution is -2.32. The molecule has 1 atom stereocenters. The van der Waals surface area contributed by atoms with Gasteiger partial charge in [-0.25, -0.2) is 4.68 Å². The van der Waals surface area contributed by atoms with Gasteiger partial charge in [0.05, 0.1) is 5.57 Å². The Morgan fingerprint density at radius 2 is 2.20 bits per heavy atom. The summed E-state index contributed by atoms with van der Waals surface area (Å²) in [5, 5.41) is 7.73. The summed E-state index contributed by atoms with van der Waals surface area (Å²) in [6.45, 7) is 1.78. The first-order valence-corrected chi connectivity index (χ1v) is 6.39. The molecule has 7 heteroatoms. The molecule has 3 rings (SSSR count). The second kappa shape index (κ2) is 4.64. The highest BCUT2D eigenvalue weighted by Crippen LogP contribution is 2.37. The van der Waals surface area contributed by atoms with E-state index in [2.05, 4.69) is 15.4 Å². The average Bonchev–Trinajstić information content (AvgIpc) is 2.85. The Balaban J connectivity index is 2.25. The van der Waals surface area contributed by atoms with Crippen molar-refractivity contribution in [1.29, 1.82) is 0 Å². The lowest BCUT2D eigenvalue weighted by Gasteiger charge is -2.28. The molecule has 102 valence electrons. The van der Waals surface area contributed by atoms with Crippen molar-refractivity contribution < 1.29 is 4.79 Å². The molecule has 1 amide bonds. The Hall–Kier alpha value is -2.34. The van der Waals surface area contributed by atoms with Crippen LogP contribution in [0.25, 0.3) is 0 Å². The summed E-state index contributed by atoms with van der Waals surface area (Å²) in [6.07, 6.45) is 1.42. The Morgan fingerprint density at radius 1 is 1.45 bits per heavy atom. The third-order valence-electron chi connectivity index (χ3n) is 3.26. The first-order valence-electron chi connectivity index (χ1n) is 6.01. The summed E-state index contributed by atoms with van der Waals surface area (Å²) in [7, 11) is 0. The van der Waals surface area contributed by atoms with Crippen LogP contribution in [-0.4, -0.2) is 20.7 Å². The van der Waals surface area contributed by atoms with Crippen molar-refractivity contribution in [2.24, 2.45) is 5.73 Å². The number of halogens is 1. The Morgan fingerprint density at radius 3 is 2.90 bits per heavy atom. The van der Waals surface area contributed by atoms with Crippen LogP contribution in [0, 0.1) is 0 Å². The number of carbonyl (C=O) groups excluding carboxylic acids is 1. The van der Waals surface area contributed by atoms with E-state index in [-0.39, 0.29) is 0 Å². The molecule has 6 nitrogen and oxygen atoms in total. The maximum Gasteiger partial charge on any atom is 0.248 e. The highest BCUT2D eigenvalue weighted by molar-refractivity contribution is 6.31. The molecule has 0 unspecified atom stereocenters. The van der Waals surface area contributed by atoms with Crippen molar-refractivity contribution in [3.8, 4) is 0 Å². The number of hydrogen-bond donors (Lipinski definition) is 2. The summed E-state index contributed by atoms with van der Waals surface area (Å²) < 4.78 is 1.61. The van der Waals surface area contributed by atoms with Crippen LogP contribution in [0.15, 0.2) is 41.9 Å². The second-order valence-electron chi connectivity index (χ2n) is 4.48. The number of rotatable bonds is 2. The van der Waals surface area contributed by atoms with Crippen molar-refractivity contribution >= 4 is 23.5 Å². The zero-order valence-corrected chi connectivity index (χ0v) is 11.4. The summed E-state index contributed by atoms with van der Waals surface area (Å²) in [5.74, 6) is 0.0403.